The summed E-state index contributed by atoms with van der Waals surface area (Å²) in [5.41, 5.74) is -0.358. The number of carbonyl (C=O) groups excluding carboxylic acids is 3. The summed E-state index contributed by atoms with van der Waals surface area (Å²) in [5, 5.41) is 4.95. The van der Waals surface area contributed by atoms with Gasteiger partial charge in [-0.15, -0.1) is 0 Å². The number of amides is 4. The molecule has 9 heteroatoms. The number of nitrogens with one attached hydrogen (secondary N) is 2. The molecule has 4 amide bonds. The van der Waals surface area contributed by atoms with E-state index in [0.717, 1.165) is 0 Å². The Hall–Kier alpha value is -3.23. The number of hydrogen-bond acceptors (Lipinski definition) is 5. The van der Waals surface area contributed by atoms with E-state index in [0.29, 0.717) is 37.3 Å². The first-order valence-electron chi connectivity index (χ1n) is 7.95. The molecule has 2 aliphatic heterocycles. The van der Waals surface area contributed by atoms with Gasteiger partial charge >= 0.3 is 6.03 Å². The Kier molecular flexibility index (Phi) is 3.48. The lowest BCUT2D eigenvalue weighted by atomic mass is 9.87. The first kappa shape index (κ1) is 15.3. The third kappa shape index (κ3) is 2.63. The van der Waals surface area contributed by atoms with Gasteiger partial charge in [0.1, 0.15) is 17.7 Å². The lowest BCUT2D eigenvalue weighted by molar-refractivity contribution is -0.125. The van der Waals surface area contributed by atoms with Gasteiger partial charge in [0.05, 0.1) is 0 Å². The molecule has 0 bridgehead atoms. The lowest BCUT2D eigenvalue weighted by Crippen LogP contribution is -2.55. The van der Waals surface area contributed by atoms with Gasteiger partial charge in [0.25, 0.3) is 11.8 Å². The van der Waals surface area contributed by atoms with Crippen LogP contribution < -0.4 is 10.6 Å². The highest BCUT2D eigenvalue weighted by atomic mass is 16.2. The standard InChI is InChI=1S/C16H16N6O3/c23-13(11-1-4-18-12(9-11)22-8-5-17-10-22)21-6-2-16(3-7-21)14(24)19-15(25)20-16/h1,4-5,8-10H,2-3,6-7H2,(H2,19,20,24,25). The Labute approximate surface area is 143 Å². The minimum Gasteiger partial charge on any atom is -0.338 e. The number of imide groups is 1. The van der Waals surface area contributed by atoms with E-state index in [2.05, 4.69) is 20.6 Å². The Bertz CT molecular complexity index is 839. The summed E-state index contributed by atoms with van der Waals surface area (Å²) < 4.78 is 1.72. The summed E-state index contributed by atoms with van der Waals surface area (Å²) in [6.45, 7) is 0.796. The Morgan fingerprint density at radius 3 is 2.64 bits per heavy atom. The SMILES string of the molecule is O=C1NC(=O)C2(CCN(C(=O)c3ccnc(-n4ccnc4)c3)CC2)N1. The van der Waals surface area contributed by atoms with Gasteiger partial charge in [-0.2, -0.15) is 0 Å². The molecule has 0 aliphatic carbocycles. The van der Waals surface area contributed by atoms with E-state index < -0.39 is 11.6 Å². The molecule has 9 nitrogen and oxygen atoms in total. The van der Waals surface area contributed by atoms with Crippen LogP contribution in [0.15, 0.2) is 37.1 Å². The van der Waals surface area contributed by atoms with Gasteiger partial charge in [0, 0.05) is 37.2 Å². The monoisotopic (exact) mass is 340 g/mol. The topological polar surface area (TPSA) is 109 Å². The summed E-state index contributed by atoms with van der Waals surface area (Å²) in [4.78, 5) is 46.0. The molecule has 25 heavy (non-hydrogen) atoms. The predicted octanol–water partition coefficient (Wildman–Crippen LogP) is 0.0815. The van der Waals surface area contributed by atoms with Crippen LogP contribution in [0.4, 0.5) is 4.79 Å². The van der Waals surface area contributed by atoms with Crippen LogP contribution in [0.25, 0.3) is 5.82 Å². The van der Waals surface area contributed by atoms with Crippen molar-refractivity contribution in [2.24, 2.45) is 0 Å². The molecule has 2 N–H and O–H groups in total. The first-order valence-corrected chi connectivity index (χ1v) is 7.95. The van der Waals surface area contributed by atoms with Gasteiger partial charge in [-0.25, -0.2) is 14.8 Å². The van der Waals surface area contributed by atoms with E-state index in [4.69, 9.17) is 0 Å². The Morgan fingerprint density at radius 1 is 1.20 bits per heavy atom. The number of nitrogens with zero attached hydrogens (tertiary/aromatic N) is 4. The van der Waals surface area contributed by atoms with Crippen LogP contribution in [0, 0.1) is 0 Å². The summed E-state index contributed by atoms with van der Waals surface area (Å²) in [7, 11) is 0. The highest BCUT2D eigenvalue weighted by molar-refractivity contribution is 6.07. The minimum atomic E-state index is -0.881. The second-order valence-corrected chi connectivity index (χ2v) is 6.16. The zero-order valence-corrected chi connectivity index (χ0v) is 13.3. The molecule has 2 aromatic rings. The fourth-order valence-electron chi connectivity index (χ4n) is 3.24. The number of likely N-dealkylation sites (tertiary alicyclic amines) is 1. The average molecular weight is 340 g/mol. The smallest absolute Gasteiger partial charge is 0.322 e. The molecule has 4 heterocycles. The van der Waals surface area contributed by atoms with Crippen molar-refractivity contribution in [1.29, 1.82) is 0 Å². The van der Waals surface area contributed by atoms with E-state index in [1.165, 1.54) is 0 Å². The van der Waals surface area contributed by atoms with Crippen molar-refractivity contribution in [2.45, 2.75) is 18.4 Å². The highest BCUT2D eigenvalue weighted by Crippen LogP contribution is 2.26. The van der Waals surface area contributed by atoms with Crippen molar-refractivity contribution in [2.75, 3.05) is 13.1 Å². The van der Waals surface area contributed by atoms with Gasteiger partial charge < -0.3 is 10.2 Å². The normalized spacial score (nSPS) is 19.0. The molecule has 4 rings (SSSR count). The molecule has 0 aromatic carbocycles. The van der Waals surface area contributed by atoms with Crippen LogP contribution in [-0.2, 0) is 4.79 Å². The van der Waals surface area contributed by atoms with Crippen molar-refractivity contribution in [1.82, 2.24) is 30.1 Å². The zero-order chi connectivity index (χ0) is 17.4. The first-order chi connectivity index (χ1) is 12.1. The maximum atomic E-state index is 12.8. The predicted molar refractivity (Wildman–Crippen MR) is 85.9 cm³/mol. The van der Waals surface area contributed by atoms with Gasteiger partial charge in [0.2, 0.25) is 0 Å². The molecular formula is C16H16N6O3. The number of hydrogen-bond donors (Lipinski definition) is 2. The molecule has 0 unspecified atom stereocenters. The maximum Gasteiger partial charge on any atom is 0.322 e. The van der Waals surface area contributed by atoms with Crippen molar-refractivity contribution >= 4 is 17.8 Å². The van der Waals surface area contributed by atoms with E-state index in [1.807, 2.05) is 0 Å². The number of aromatic nitrogens is 3. The third-order valence-electron chi connectivity index (χ3n) is 4.68. The van der Waals surface area contributed by atoms with Crippen LogP contribution in [0.5, 0.6) is 0 Å². The molecule has 1 spiro atoms. The van der Waals surface area contributed by atoms with Gasteiger partial charge in [-0.3, -0.25) is 19.5 Å². The number of carbonyl (C=O) groups is 3. The molecule has 128 valence electrons. The second-order valence-electron chi connectivity index (χ2n) is 6.16. The molecular weight excluding hydrogens is 324 g/mol. The molecule has 2 aliphatic rings. The van der Waals surface area contributed by atoms with E-state index in [9.17, 15) is 14.4 Å². The van der Waals surface area contributed by atoms with Gasteiger partial charge in [-0.1, -0.05) is 0 Å². The van der Waals surface area contributed by atoms with E-state index in [1.54, 1.807) is 46.5 Å². The number of rotatable bonds is 2. The van der Waals surface area contributed by atoms with Gasteiger partial charge in [-0.05, 0) is 25.0 Å². The third-order valence-corrected chi connectivity index (χ3v) is 4.68. The van der Waals surface area contributed by atoms with Crippen molar-refractivity contribution < 1.29 is 14.4 Å². The van der Waals surface area contributed by atoms with Crippen molar-refractivity contribution in [3.05, 3.63) is 42.6 Å². The number of urea groups is 1. The number of pyridine rings is 1. The van der Waals surface area contributed by atoms with E-state index >= 15 is 0 Å². The fourth-order valence-corrected chi connectivity index (χ4v) is 3.24. The summed E-state index contributed by atoms with van der Waals surface area (Å²) in [5.74, 6) is 0.179. The molecule has 2 fully saturated rings. The quantitative estimate of drug-likeness (QED) is 0.753. The number of piperidine rings is 1. The summed E-state index contributed by atoms with van der Waals surface area (Å²) >= 11 is 0. The van der Waals surface area contributed by atoms with Crippen LogP contribution in [0.2, 0.25) is 0 Å². The Morgan fingerprint density at radius 2 is 2.00 bits per heavy atom. The average Bonchev–Trinajstić information content (AvgIpc) is 3.24. The minimum absolute atomic E-state index is 0.122. The summed E-state index contributed by atoms with van der Waals surface area (Å²) in [6.07, 6.45) is 7.39. The number of imidazole rings is 1. The molecule has 0 atom stereocenters. The van der Waals surface area contributed by atoms with Crippen molar-refractivity contribution in [3.63, 3.8) is 0 Å². The van der Waals surface area contributed by atoms with Crippen LogP contribution >= 0.6 is 0 Å². The molecule has 0 saturated carbocycles. The van der Waals surface area contributed by atoms with Crippen LogP contribution in [0.1, 0.15) is 23.2 Å². The maximum absolute atomic E-state index is 12.8. The second kappa shape index (κ2) is 5.69. The summed E-state index contributed by atoms with van der Waals surface area (Å²) in [6, 6.07) is 2.90. The molecule has 2 aromatic heterocycles. The van der Waals surface area contributed by atoms with Crippen LogP contribution in [0.3, 0.4) is 0 Å². The largest absolute Gasteiger partial charge is 0.338 e. The van der Waals surface area contributed by atoms with Crippen LogP contribution in [-0.4, -0.2) is 55.9 Å². The van der Waals surface area contributed by atoms with Crippen molar-refractivity contribution in [3.8, 4) is 5.82 Å². The zero-order valence-electron chi connectivity index (χ0n) is 13.3. The fraction of sp³-hybridized carbons (Fsp3) is 0.312. The molecule has 2 saturated heterocycles. The Balaban J connectivity index is 1.49. The van der Waals surface area contributed by atoms with E-state index in [-0.39, 0.29) is 11.8 Å². The molecule has 0 radical (unpaired) electrons. The van der Waals surface area contributed by atoms with Gasteiger partial charge in [0.15, 0.2) is 0 Å². The lowest BCUT2D eigenvalue weighted by Gasteiger charge is -2.37. The highest BCUT2D eigenvalue weighted by Gasteiger charge is 2.48.